The molecule has 9 heteroatoms. The van der Waals surface area contributed by atoms with Crippen molar-refractivity contribution in [3.63, 3.8) is 0 Å². The number of para-hydroxylation sites is 1. The largest absolute Gasteiger partial charge is 0.379 e. The predicted molar refractivity (Wildman–Crippen MR) is 130 cm³/mol. The van der Waals surface area contributed by atoms with Crippen LogP contribution in [-0.2, 0) is 4.74 Å². The van der Waals surface area contributed by atoms with Crippen LogP contribution < -0.4 is 15.1 Å². The Balaban J connectivity index is 1.28. The average Bonchev–Trinajstić information content (AvgIpc) is 2.89. The standard InChI is InChI=1S/C25H29FN6O2/c26-21-7-3-4-8-22(21)31-11-13-32(14-12-31)24-20-6-2-1-5-19(20)23(28-29-24)25(33)27-9-10-30-15-17-34-18-16-30/h1-8H,9-18H2,(H,27,33). The van der Waals surface area contributed by atoms with Gasteiger partial charge in [0.25, 0.3) is 5.91 Å². The first-order chi connectivity index (χ1) is 16.7. The number of halogens is 1. The van der Waals surface area contributed by atoms with E-state index in [0.29, 0.717) is 44.1 Å². The Morgan fingerprint density at radius 2 is 1.56 bits per heavy atom. The maximum atomic E-state index is 14.2. The number of piperazine rings is 1. The number of aromatic nitrogens is 2. The van der Waals surface area contributed by atoms with E-state index in [9.17, 15) is 9.18 Å². The summed E-state index contributed by atoms with van der Waals surface area (Å²) in [4.78, 5) is 19.4. The van der Waals surface area contributed by atoms with Crippen LogP contribution in [0.25, 0.3) is 10.8 Å². The number of anilines is 2. The lowest BCUT2D eigenvalue weighted by Crippen LogP contribution is -2.47. The van der Waals surface area contributed by atoms with Gasteiger partial charge >= 0.3 is 0 Å². The van der Waals surface area contributed by atoms with Crippen molar-refractivity contribution in [3.05, 3.63) is 60.0 Å². The van der Waals surface area contributed by atoms with Gasteiger partial charge in [0, 0.05) is 63.1 Å². The number of fused-ring (bicyclic) bond motifs is 1. The molecule has 0 bridgehead atoms. The highest BCUT2D eigenvalue weighted by molar-refractivity contribution is 6.07. The lowest BCUT2D eigenvalue weighted by Gasteiger charge is -2.37. The fraction of sp³-hybridized carbons (Fsp3) is 0.400. The first kappa shape index (κ1) is 22.5. The maximum Gasteiger partial charge on any atom is 0.272 e. The molecule has 1 N–H and O–H groups in total. The highest BCUT2D eigenvalue weighted by atomic mass is 19.1. The second kappa shape index (κ2) is 10.3. The molecule has 2 saturated heterocycles. The van der Waals surface area contributed by atoms with Gasteiger partial charge in [0.2, 0.25) is 0 Å². The maximum absolute atomic E-state index is 14.2. The fourth-order valence-electron chi connectivity index (χ4n) is 4.59. The number of hydrogen-bond donors (Lipinski definition) is 1. The summed E-state index contributed by atoms with van der Waals surface area (Å²) < 4.78 is 19.6. The first-order valence-electron chi connectivity index (χ1n) is 11.8. The molecule has 0 spiro atoms. The Morgan fingerprint density at radius 3 is 2.32 bits per heavy atom. The van der Waals surface area contributed by atoms with E-state index < -0.39 is 0 Å². The quantitative estimate of drug-likeness (QED) is 0.599. The van der Waals surface area contributed by atoms with E-state index in [1.54, 1.807) is 6.07 Å². The van der Waals surface area contributed by atoms with E-state index >= 15 is 0 Å². The molecule has 178 valence electrons. The molecule has 2 aromatic carbocycles. The van der Waals surface area contributed by atoms with Gasteiger partial charge in [-0.25, -0.2) is 4.39 Å². The molecule has 1 amide bonds. The number of morpholine rings is 1. The van der Waals surface area contributed by atoms with Gasteiger partial charge in [-0.1, -0.05) is 36.4 Å². The zero-order chi connectivity index (χ0) is 23.3. The molecule has 0 unspecified atom stereocenters. The summed E-state index contributed by atoms with van der Waals surface area (Å²) in [7, 11) is 0. The van der Waals surface area contributed by atoms with Crippen molar-refractivity contribution in [3.8, 4) is 0 Å². The molecule has 5 rings (SSSR count). The Bertz CT molecular complexity index is 1150. The van der Waals surface area contributed by atoms with Gasteiger partial charge < -0.3 is 19.9 Å². The zero-order valence-corrected chi connectivity index (χ0v) is 19.1. The molecule has 3 aromatic rings. The molecule has 2 fully saturated rings. The third-order valence-electron chi connectivity index (χ3n) is 6.47. The van der Waals surface area contributed by atoms with Gasteiger partial charge in [0.1, 0.15) is 5.82 Å². The molecule has 2 aliphatic heterocycles. The highest BCUT2D eigenvalue weighted by Gasteiger charge is 2.24. The van der Waals surface area contributed by atoms with E-state index in [4.69, 9.17) is 4.74 Å². The second-order valence-corrected chi connectivity index (χ2v) is 8.55. The van der Waals surface area contributed by atoms with Gasteiger partial charge in [-0.05, 0) is 12.1 Å². The summed E-state index contributed by atoms with van der Waals surface area (Å²) in [6, 6.07) is 14.6. The van der Waals surface area contributed by atoms with Crippen LogP contribution in [0.2, 0.25) is 0 Å². The SMILES string of the molecule is O=C(NCCN1CCOCC1)c1nnc(N2CCN(c3ccccc3F)CC2)c2ccccc12. The molecule has 1 aromatic heterocycles. The van der Waals surface area contributed by atoms with Crippen molar-refractivity contribution >= 4 is 28.2 Å². The minimum atomic E-state index is -0.215. The fourth-order valence-corrected chi connectivity index (χ4v) is 4.59. The minimum absolute atomic E-state index is 0.204. The number of nitrogens with zero attached hydrogens (tertiary/aromatic N) is 5. The normalized spacial score (nSPS) is 17.2. The van der Waals surface area contributed by atoms with Gasteiger partial charge in [-0.3, -0.25) is 9.69 Å². The van der Waals surface area contributed by atoms with Crippen molar-refractivity contribution in [2.45, 2.75) is 0 Å². The first-order valence-corrected chi connectivity index (χ1v) is 11.8. The molecular weight excluding hydrogens is 435 g/mol. The summed E-state index contributed by atoms with van der Waals surface area (Å²) >= 11 is 0. The molecule has 0 aliphatic carbocycles. The van der Waals surface area contributed by atoms with Crippen LogP contribution in [0, 0.1) is 5.82 Å². The number of rotatable bonds is 6. The molecule has 3 heterocycles. The van der Waals surface area contributed by atoms with Gasteiger partial charge in [0.15, 0.2) is 11.5 Å². The number of carbonyl (C=O) groups is 1. The van der Waals surface area contributed by atoms with E-state index in [0.717, 1.165) is 49.4 Å². The summed E-state index contributed by atoms with van der Waals surface area (Å²) in [5.74, 6) is 0.340. The number of ether oxygens (including phenoxy) is 1. The van der Waals surface area contributed by atoms with E-state index in [1.807, 2.05) is 36.4 Å². The van der Waals surface area contributed by atoms with Gasteiger partial charge in [0.05, 0.1) is 18.9 Å². The van der Waals surface area contributed by atoms with Crippen molar-refractivity contribution in [1.82, 2.24) is 20.4 Å². The van der Waals surface area contributed by atoms with Gasteiger partial charge in [-0.2, -0.15) is 0 Å². The number of benzene rings is 2. The van der Waals surface area contributed by atoms with Crippen molar-refractivity contribution < 1.29 is 13.9 Å². The van der Waals surface area contributed by atoms with Crippen molar-refractivity contribution in [1.29, 1.82) is 0 Å². The molecule has 0 atom stereocenters. The minimum Gasteiger partial charge on any atom is -0.379 e. The Labute approximate surface area is 198 Å². The molecule has 2 aliphatic rings. The lowest BCUT2D eigenvalue weighted by molar-refractivity contribution is 0.0383. The topological polar surface area (TPSA) is 73.8 Å². The average molecular weight is 465 g/mol. The molecular formula is C25H29FN6O2. The van der Waals surface area contributed by atoms with Crippen molar-refractivity contribution in [2.75, 3.05) is 75.4 Å². The molecule has 0 radical (unpaired) electrons. The summed E-state index contributed by atoms with van der Waals surface area (Å²) in [5.41, 5.74) is 0.966. The van der Waals surface area contributed by atoms with Crippen molar-refractivity contribution in [2.24, 2.45) is 0 Å². The lowest BCUT2D eigenvalue weighted by atomic mass is 10.1. The Kier molecular flexibility index (Phi) is 6.82. The number of amides is 1. The third-order valence-corrected chi connectivity index (χ3v) is 6.47. The zero-order valence-electron chi connectivity index (χ0n) is 19.1. The van der Waals surface area contributed by atoms with Crippen LogP contribution in [-0.4, -0.2) is 86.6 Å². The molecule has 8 nitrogen and oxygen atoms in total. The number of carbonyl (C=O) groups excluding carboxylic acids is 1. The molecule has 0 saturated carbocycles. The monoisotopic (exact) mass is 464 g/mol. The number of hydrogen-bond acceptors (Lipinski definition) is 7. The van der Waals surface area contributed by atoms with Crippen LogP contribution in [0.5, 0.6) is 0 Å². The van der Waals surface area contributed by atoms with E-state index in [1.165, 1.54) is 6.07 Å². The summed E-state index contributed by atoms with van der Waals surface area (Å²) in [6.45, 7) is 7.33. The van der Waals surface area contributed by atoms with Crippen LogP contribution >= 0.6 is 0 Å². The third kappa shape index (κ3) is 4.80. The smallest absolute Gasteiger partial charge is 0.272 e. The Hall–Kier alpha value is -3.30. The van der Waals surface area contributed by atoms with E-state index in [-0.39, 0.29) is 11.7 Å². The van der Waals surface area contributed by atoms with Gasteiger partial charge in [-0.15, -0.1) is 10.2 Å². The highest BCUT2D eigenvalue weighted by Crippen LogP contribution is 2.28. The summed E-state index contributed by atoms with van der Waals surface area (Å²) in [6.07, 6.45) is 0. The summed E-state index contributed by atoms with van der Waals surface area (Å²) in [5, 5.41) is 13.5. The number of nitrogens with one attached hydrogen (secondary N) is 1. The van der Waals surface area contributed by atoms with Crippen LogP contribution in [0.1, 0.15) is 10.5 Å². The van der Waals surface area contributed by atoms with Crippen LogP contribution in [0.3, 0.4) is 0 Å². The van der Waals surface area contributed by atoms with Crippen LogP contribution in [0.15, 0.2) is 48.5 Å². The molecule has 34 heavy (non-hydrogen) atoms. The van der Waals surface area contributed by atoms with Crippen LogP contribution in [0.4, 0.5) is 15.9 Å². The Morgan fingerprint density at radius 1 is 0.882 bits per heavy atom. The van der Waals surface area contributed by atoms with E-state index in [2.05, 4.69) is 30.2 Å². The second-order valence-electron chi connectivity index (χ2n) is 8.55. The predicted octanol–water partition coefficient (Wildman–Crippen LogP) is 2.16.